The predicted octanol–water partition coefficient (Wildman–Crippen LogP) is 2.89. The zero-order valence-electron chi connectivity index (χ0n) is 23.7. The van der Waals surface area contributed by atoms with E-state index in [0.717, 1.165) is 30.4 Å². The van der Waals surface area contributed by atoms with Crippen LogP contribution >= 0.6 is 0 Å². The molecule has 13 nitrogen and oxygen atoms in total. The third-order valence-corrected chi connectivity index (χ3v) is 6.91. The second-order valence-electron chi connectivity index (χ2n) is 9.81. The summed E-state index contributed by atoms with van der Waals surface area (Å²) < 4.78 is 59.3. The molecular weight excluding hydrogens is 583 g/mol. The lowest BCUT2D eigenvalue weighted by molar-refractivity contribution is -0.138. The molecule has 0 amide bonds. The SMILES string of the molecule is Cn1cc(C(F)(F)F)cc(Nc2nc3ncc(O/C(C=N)=C4\C=CC(OCCN5CCOCC5)=CN4)c(C#N)c3n2C)c1=O. The van der Waals surface area contributed by atoms with Crippen LogP contribution in [0.3, 0.4) is 0 Å². The number of hydrogen-bond donors (Lipinski definition) is 3. The summed E-state index contributed by atoms with van der Waals surface area (Å²) in [4.78, 5) is 23.3. The molecule has 3 aromatic rings. The molecule has 5 rings (SSSR count). The van der Waals surface area contributed by atoms with Gasteiger partial charge in [-0.15, -0.1) is 0 Å². The van der Waals surface area contributed by atoms with Crippen molar-refractivity contribution in [2.24, 2.45) is 14.1 Å². The largest absolute Gasteiger partial charge is 0.491 e. The molecule has 230 valence electrons. The lowest BCUT2D eigenvalue weighted by atomic mass is 10.2. The van der Waals surface area contributed by atoms with E-state index >= 15 is 0 Å². The van der Waals surface area contributed by atoms with E-state index in [4.69, 9.17) is 19.6 Å². The number of anilines is 2. The number of ether oxygens (including phenoxy) is 3. The minimum atomic E-state index is -4.67. The summed E-state index contributed by atoms with van der Waals surface area (Å²) >= 11 is 0. The van der Waals surface area contributed by atoms with Gasteiger partial charge < -0.3 is 39.4 Å². The average Bonchev–Trinajstić information content (AvgIpc) is 3.33. The molecule has 0 radical (unpaired) electrons. The molecule has 0 aliphatic carbocycles. The summed E-state index contributed by atoms with van der Waals surface area (Å²) in [5, 5.41) is 23.6. The quantitative estimate of drug-likeness (QED) is 0.243. The standard InChI is InChI=1S/C28H28F3N9O4/c1-38-16-17(28(29,30)31)11-21(26(38)41)36-27-37-25-24(39(27)2)19(12-32)23(15-35-25)44-22(13-33)20-4-3-18(14-34-20)43-10-7-40-5-8-42-9-6-40/h3-4,11,13-16,33-34H,5-10H2,1-2H3,(H,35,36,37)/b22-20+,33-13?. The van der Waals surface area contributed by atoms with E-state index < -0.39 is 17.3 Å². The van der Waals surface area contributed by atoms with Crippen LogP contribution < -0.4 is 20.9 Å². The number of nitrogens with one attached hydrogen (secondary N) is 3. The number of halogens is 3. The molecule has 2 aliphatic rings. The molecule has 16 heteroatoms. The highest BCUT2D eigenvalue weighted by molar-refractivity contribution is 5.85. The summed E-state index contributed by atoms with van der Waals surface area (Å²) in [5.74, 6) is 0.668. The number of allylic oxidation sites excluding steroid dienone is 3. The maximum absolute atomic E-state index is 13.3. The summed E-state index contributed by atoms with van der Waals surface area (Å²) in [6, 6.07) is 2.74. The molecule has 0 aromatic carbocycles. The number of pyridine rings is 2. The maximum atomic E-state index is 13.3. The Labute approximate surface area is 249 Å². The first kappa shape index (κ1) is 30.3. The van der Waals surface area contributed by atoms with E-state index in [2.05, 4.69) is 25.5 Å². The molecule has 2 aliphatic heterocycles. The molecule has 0 spiro atoms. The highest BCUT2D eigenvalue weighted by Gasteiger charge is 2.32. The van der Waals surface area contributed by atoms with Crippen molar-refractivity contribution in [2.45, 2.75) is 6.18 Å². The summed E-state index contributed by atoms with van der Waals surface area (Å²) in [6.45, 7) is 4.40. The number of nitriles is 1. The van der Waals surface area contributed by atoms with E-state index in [1.807, 2.05) is 6.07 Å². The lowest BCUT2D eigenvalue weighted by Crippen LogP contribution is -2.38. The molecule has 0 unspecified atom stereocenters. The number of morpholine rings is 1. The fraction of sp³-hybridized carbons (Fsp3) is 0.321. The number of nitrogens with zero attached hydrogens (tertiary/aromatic N) is 6. The van der Waals surface area contributed by atoms with E-state index in [0.29, 0.717) is 43.5 Å². The number of rotatable bonds is 9. The van der Waals surface area contributed by atoms with Crippen LogP contribution in [0.1, 0.15) is 11.1 Å². The van der Waals surface area contributed by atoms with Crippen molar-refractivity contribution in [2.75, 3.05) is 44.8 Å². The van der Waals surface area contributed by atoms with Gasteiger partial charge in [-0.3, -0.25) is 9.69 Å². The minimum Gasteiger partial charge on any atom is -0.491 e. The zero-order valence-corrected chi connectivity index (χ0v) is 23.7. The second-order valence-corrected chi connectivity index (χ2v) is 9.81. The van der Waals surface area contributed by atoms with Crippen molar-refractivity contribution in [1.29, 1.82) is 10.7 Å². The summed E-state index contributed by atoms with van der Waals surface area (Å²) in [7, 11) is 2.72. The lowest BCUT2D eigenvalue weighted by Gasteiger charge is -2.26. The molecule has 0 bridgehead atoms. The smallest absolute Gasteiger partial charge is 0.417 e. The Morgan fingerprint density at radius 1 is 1.30 bits per heavy atom. The van der Waals surface area contributed by atoms with Crippen LogP contribution in [-0.4, -0.2) is 69.7 Å². The Morgan fingerprint density at radius 3 is 2.73 bits per heavy atom. The number of imidazole rings is 1. The molecule has 44 heavy (non-hydrogen) atoms. The predicted molar refractivity (Wildman–Crippen MR) is 153 cm³/mol. The highest BCUT2D eigenvalue weighted by atomic mass is 19.4. The first-order valence-electron chi connectivity index (χ1n) is 13.4. The van der Waals surface area contributed by atoms with Gasteiger partial charge in [0.25, 0.3) is 5.56 Å². The minimum absolute atomic E-state index is 0.0115. The van der Waals surface area contributed by atoms with Gasteiger partial charge in [-0.2, -0.15) is 23.4 Å². The number of dihydropyridines is 1. The van der Waals surface area contributed by atoms with Crippen molar-refractivity contribution >= 4 is 29.0 Å². The van der Waals surface area contributed by atoms with Crippen molar-refractivity contribution in [3.05, 3.63) is 75.5 Å². The normalized spacial score (nSPS) is 16.6. The van der Waals surface area contributed by atoms with Crippen molar-refractivity contribution < 1.29 is 27.4 Å². The van der Waals surface area contributed by atoms with E-state index in [9.17, 15) is 23.2 Å². The second kappa shape index (κ2) is 12.6. The van der Waals surface area contributed by atoms with Gasteiger partial charge in [0.2, 0.25) is 5.95 Å². The molecule has 3 N–H and O–H groups in total. The van der Waals surface area contributed by atoms with Crippen molar-refractivity contribution in [3.63, 3.8) is 0 Å². The zero-order chi connectivity index (χ0) is 31.4. The van der Waals surface area contributed by atoms with Crippen LogP contribution in [0.2, 0.25) is 0 Å². The third kappa shape index (κ3) is 6.43. The molecule has 0 saturated carbocycles. The van der Waals surface area contributed by atoms with Crippen molar-refractivity contribution in [1.82, 2.24) is 29.3 Å². The Bertz CT molecular complexity index is 1780. The topological polar surface area (TPSA) is 155 Å². The molecule has 0 atom stereocenters. The molecule has 1 fully saturated rings. The Hall–Kier alpha value is -5.14. The van der Waals surface area contributed by atoms with Crippen LogP contribution in [-0.2, 0) is 29.7 Å². The van der Waals surface area contributed by atoms with Gasteiger partial charge in [-0.1, -0.05) is 0 Å². The number of aryl methyl sites for hydroxylation is 2. The Kier molecular flexibility index (Phi) is 8.69. The summed E-state index contributed by atoms with van der Waals surface area (Å²) in [5.41, 5.74) is -1.37. The highest BCUT2D eigenvalue weighted by Crippen LogP contribution is 2.32. The van der Waals surface area contributed by atoms with Gasteiger partial charge in [-0.05, 0) is 18.2 Å². The maximum Gasteiger partial charge on any atom is 0.417 e. The number of hydrogen-bond acceptors (Lipinski definition) is 11. The van der Waals surface area contributed by atoms with Crippen LogP contribution in [0.15, 0.2) is 58.8 Å². The van der Waals surface area contributed by atoms with Gasteiger partial charge in [0, 0.05) is 46.1 Å². The van der Waals surface area contributed by atoms with Gasteiger partial charge in [0.1, 0.15) is 35.2 Å². The van der Waals surface area contributed by atoms with E-state index in [1.54, 1.807) is 18.4 Å². The van der Waals surface area contributed by atoms with Gasteiger partial charge in [0.05, 0.1) is 36.9 Å². The molecular formula is C28H28F3N9O4. The Balaban J connectivity index is 1.35. The van der Waals surface area contributed by atoms with Gasteiger partial charge >= 0.3 is 6.18 Å². The molecule has 1 saturated heterocycles. The van der Waals surface area contributed by atoms with Crippen LogP contribution in [0.25, 0.3) is 11.2 Å². The van der Waals surface area contributed by atoms with Crippen LogP contribution in [0.4, 0.5) is 24.8 Å². The van der Waals surface area contributed by atoms with Gasteiger partial charge in [0.15, 0.2) is 17.2 Å². The fourth-order valence-electron chi connectivity index (χ4n) is 4.58. The fourth-order valence-corrected chi connectivity index (χ4v) is 4.58. The van der Waals surface area contributed by atoms with Gasteiger partial charge in [-0.25, -0.2) is 4.98 Å². The van der Waals surface area contributed by atoms with Crippen LogP contribution in [0.5, 0.6) is 5.75 Å². The van der Waals surface area contributed by atoms with Crippen LogP contribution in [0, 0.1) is 16.7 Å². The molecule has 5 heterocycles. The van der Waals surface area contributed by atoms with E-state index in [-0.39, 0.29) is 39.9 Å². The number of alkyl halides is 3. The molecule has 3 aromatic heterocycles. The number of aromatic nitrogens is 4. The average molecular weight is 612 g/mol. The van der Waals surface area contributed by atoms with Crippen molar-refractivity contribution in [3.8, 4) is 11.8 Å². The summed E-state index contributed by atoms with van der Waals surface area (Å²) in [6.07, 6.45) is 3.27. The van der Waals surface area contributed by atoms with E-state index in [1.165, 1.54) is 24.9 Å². The first-order chi connectivity index (χ1) is 21.1. The Morgan fingerprint density at radius 2 is 2.07 bits per heavy atom. The monoisotopic (exact) mass is 611 g/mol. The third-order valence-electron chi connectivity index (χ3n) is 6.91. The number of fused-ring (bicyclic) bond motifs is 1. The first-order valence-corrected chi connectivity index (χ1v) is 13.4.